The van der Waals surface area contributed by atoms with Crippen molar-refractivity contribution < 1.29 is 14.5 Å². The van der Waals surface area contributed by atoms with Crippen molar-refractivity contribution in [3.63, 3.8) is 0 Å². The first-order chi connectivity index (χ1) is 15.0. The number of amides is 1. The van der Waals surface area contributed by atoms with Gasteiger partial charge in [-0.1, -0.05) is 34.1 Å². The van der Waals surface area contributed by atoms with Gasteiger partial charge in [-0.05, 0) is 53.6 Å². The SMILES string of the molecule is COc1ccc(C2=NN(C(=O)c3cccc([N+](=O)[O-])c3)C(c3ccc(Br)cc3)C2)cc1. The minimum atomic E-state index is -0.515. The largest absolute Gasteiger partial charge is 0.497 e. The third kappa shape index (κ3) is 4.34. The summed E-state index contributed by atoms with van der Waals surface area (Å²) < 4.78 is 6.15. The monoisotopic (exact) mass is 479 g/mol. The van der Waals surface area contributed by atoms with Gasteiger partial charge in [0.25, 0.3) is 11.6 Å². The molecule has 0 aliphatic carbocycles. The van der Waals surface area contributed by atoms with Crippen LogP contribution in [-0.4, -0.2) is 28.7 Å². The molecule has 0 fully saturated rings. The number of hydrogen-bond donors (Lipinski definition) is 0. The highest BCUT2D eigenvalue weighted by molar-refractivity contribution is 9.10. The molecule has 3 aromatic rings. The third-order valence-corrected chi connectivity index (χ3v) is 5.63. The summed E-state index contributed by atoms with van der Waals surface area (Å²) in [6, 6.07) is 20.6. The van der Waals surface area contributed by atoms with Crippen LogP contribution >= 0.6 is 15.9 Å². The van der Waals surface area contributed by atoms with E-state index in [1.807, 2.05) is 48.5 Å². The average Bonchev–Trinajstić information content (AvgIpc) is 3.24. The van der Waals surface area contributed by atoms with Crippen LogP contribution in [0.1, 0.15) is 33.9 Å². The second-order valence-electron chi connectivity index (χ2n) is 7.00. The third-order valence-electron chi connectivity index (χ3n) is 5.10. The van der Waals surface area contributed by atoms with E-state index in [1.54, 1.807) is 13.2 Å². The van der Waals surface area contributed by atoms with Gasteiger partial charge in [-0.3, -0.25) is 14.9 Å². The molecule has 1 amide bonds. The van der Waals surface area contributed by atoms with Crippen molar-refractivity contribution in [1.82, 2.24) is 5.01 Å². The number of hydrogen-bond acceptors (Lipinski definition) is 5. The summed E-state index contributed by atoms with van der Waals surface area (Å²) in [5, 5.41) is 17.2. The first kappa shape index (κ1) is 20.7. The zero-order valence-corrected chi connectivity index (χ0v) is 18.2. The summed E-state index contributed by atoms with van der Waals surface area (Å²) >= 11 is 3.43. The van der Waals surface area contributed by atoms with Crippen LogP contribution in [0.2, 0.25) is 0 Å². The van der Waals surface area contributed by atoms with Crippen molar-refractivity contribution in [3.05, 3.63) is 104 Å². The van der Waals surface area contributed by atoms with Crippen molar-refractivity contribution in [1.29, 1.82) is 0 Å². The lowest BCUT2D eigenvalue weighted by atomic mass is 9.98. The number of nitro groups is 1. The maximum Gasteiger partial charge on any atom is 0.274 e. The van der Waals surface area contributed by atoms with E-state index in [1.165, 1.54) is 23.2 Å². The van der Waals surface area contributed by atoms with E-state index in [0.29, 0.717) is 6.42 Å². The Morgan fingerprint density at radius 3 is 2.48 bits per heavy atom. The highest BCUT2D eigenvalue weighted by atomic mass is 79.9. The van der Waals surface area contributed by atoms with Gasteiger partial charge in [0.15, 0.2) is 0 Å². The molecule has 0 saturated heterocycles. The Labute approximate surface area is 187 Å². The molecule has 0 aromatic heterocycles. The van der Waals surface area contributed by atoms with E-state index >= 15 is 0 Å². The number of benzene rings is 3. The van der Waals surface area contributed by atoms with Crippen molar-refractivity contribution in [2.45, 2.75) is 12.5 Å². The molecule has 0 N–H and O–H groups in total. The number of nitro benzene ring substituents is 1. The maximum absolute atomic E-state index is 13.3. The molecule has 1 aliphatic heterocycles. The summed E-state index contributed by atoms with van der Waals surface area (Å²) in [5.41, 5.74) is 2.65. The van der Waals surface area contributed by atoms with Gasteiger partial charge < -0.3 is 4.74 Å². The maximum atomic E-state index is 13.3. The van der Waals surface area contributed by atoms with Crippen molar-refractivity contribution in [2.24, 2.45) is 5.10 Å². The lowest BCUT2D eigenvalue weighted by Gasteiger charge is -2.22. The van der Waals surface area contributed by atoms with Crippen molar-refractivity contribution >= 4 is 33.2 Å². The van der Waals surface area contributed by atoms with Gasteiger partial charge in [-0.15, -0.1) is 0 Å². The second-order valence-corrected chi connectivity index (χ2v) is 7.92. The second kappa shape index (κ2) is 8.69. The number of nitrogens with zero attached hydrogens (tertiary/aromatic N) is 3. The van der Waals surface area contributed by atoms with Gasteiger partial charge in [0.1, 0.15) is 5.75 Å². The lowest BCUT2D eigenvalue weighted by molar-refractivity contribution is -0.384. The summed E-state index contributed by atoms with van der Waals surface area (Å²) in [5.74, 6) is 0.344. The number of carbonyl (C=O) groups excluding carboxylic acids is 1. The lowest BCUT2D eigenvalue weighted by Crippen LogP contribution is -2.27. The Hall–Kier alpha value is -3.52. The highest BCUT2D eigenvalue weighted by Gasteiger charge is 2.34. The van der Waals surface area contributed by atoms with Crippen molar-refractivity contribution in [2.75, 3.05) is 7.11 Å². The quantitative estimate of drug-likeness (QED) is 0.364. The topological polar surface area (TPSA) is 85.0 Å². The molecule has 1 heterocycles. The fraction of sp³-hybridized carbons (Fsp3) is 0.130. The molecule has 1 atom stereocenters. The number of ether oxygens (including phenoxy) is 1. The molecule has 0 radical (unpaired) electrons. The van der Waals surface area contributed by atoms with Gasteiger partial charge in [0.2, 0.25) is 0 Å². The average molecular weight is 480 g/mol. The first-order valence-electron chi connectivity index (χ1n) is 9.51. The Morgan fingerprint density at radius 1 is 1.13 bits per heavy atom. The minimum Gasteiger partial charge on any atom is -0.497 e. The summed E-state index contributed by atoms with van der Waals surface area (Å²) in [7, 11) is 1.60. The van der Waals surface area contributed by atoms with Gasteiger partial charge in [-0.2, -0.15) is 5.10 Å². The van der Waals surface area contributed by atoms with Crippen LogP contribution in [0.15, 0.2) is 82.4 Å². The van der Waals surface area contributed by atoms with Crippen LogP contribution in [0.3, 0.4) is 0 Å². The van der Waals surface area contributed by atoms with Crippen molar-refractivity contribution in [3.8, 4) is 5.75 Å². The highest BCUT2D eigenvalue weighted by Crippen LogP contribution is 2.35. The fourth-order valence-corrected chi connectivity index (χ4v) is 3.75. The smallest absolute Gasteiger partial charge is 0.274 e. The number of non-ortho nitro benzene ring substituents is 1. The fourth-order valence-electron chi connectivity index (χ4n) is 3.48. The predicted octanol–water partition coefficient (Wildman–Crippen LogP) is 5.36. The molecule has 31 heavy (non-hydrogen) atoms. The van der Waals surface area contributed by atoms with E-state index < -0.39 is 4.92 Å². The zero-order chi connectivity index (χ0) is 22.0. The molecule has 0 spiro atoms. The first-order valence-corrected chi connectivity index (χ1v) is 10.3. The zero-order valence-electron chi connectivity index (χ0n) is 16.6. The van der Waals surface area contributed by atoms with Crippen LogP contribution in [0.5, 0.6) is 5.75 Å². The minimum absolute atomic E-state index is 0.135. The van der Waals surface area contributed by atoms with Crippen LogP contribution in [0.25, 0.3) is 0 Å². The van der Waals surface area contributed by atoms with Crippen LogP contribution < -0.4 is 4.74 Å². The van der Waals surface area contributed by atoms with Crippen LogP contribution in [0, 0.1) is 10.1 Å². The van der Waals surface area contributed by atoms with E-state index in [0.717, 1.165) is 27.1 Å². The van der Waals surface area contributed by atoms with Gasteiger partial charge in [0.05, 0.1) is 23.8 Å². The summed E-state index contributed by atoms with van der Waals surface area (Å²) in [4.78, 5) is 23.9. The molecule has 7 nitrogen and oxygen atoms in total. The number of rotatable bonds is 5. The molecule has 1 unspecified atom stereocenters. The molecule has 3 aromatic carbocycles. The van der Waals surface area contributed by atoms with Crippen LogP contribution in [0.4, 0.5) is 5.69 Å². The molecule has 4 rings (SSSR count). The molecule has 8 heteroatoms. The normalized spacial score (nSPS) is 15.5. The summed E-state index contributed by atoms with van der Waals surface area (Å²) in [6.45, 7) is 0. The molecule has 0 bridgehead atoms. The van der Waals surface area contributed by atoms with Gasteiger partial charge in [-0.25, -0.2) is 5.01 Å². The van der Waals surface area contributed by atoms with E-state index in [9.17, 15) is 14.9 Å². The number of halogens is 1. The number of hydrazone groups is 1. The number of methoxy groups -OCH3 is 1. The Balaban J connectivity index is 1.72. The molecular weight excluding hydrogens is 462 g/mol. The van der Waals surface area contributed by atoms with Gasteiger partial charge in [0, 0.05) is 28.6 Å². The molecule has 0 saturated carbocycles. The van der Waals surface area contributed by atoms with E-state index in [-0.39, 0.29) is 23.2 Å². The summed E-state index contributed by atoms with van der Waals surface area (Å²) in [6.07, 6.45) is 0.522. The Kier molecular flexibility index (Phi) is 5.81. The molecule has 1 aliphatic rings. The van der Waals surface area contributed by atoms with E-state index in [4.69, 9.17) is 4.74 Å². The van der Waals surface area contributed by atoms with Gasteiger partial charge >= 0.3 is 0 Å². The Morgan fingerprint density at radius 2 is 1.84 bits per heavy atom. The predicted molar refractivity (Wildman–Crippen MR) is 120 cm³/mol. The van der Waals surface area contributed by atoms with E-state index in [2.05, 4.69) is 21.0 Å². The standard InChI is InChI=1S/C23H18BrN3O4/c1-31-20-11-7-15(8-12-20)21-14-22(16-5-9-18(24)10-6-16)26(25-21)23(28)17-3-2-4-19(13-17)27(29)30/h2-13,22H,14H2,1H3. The number of carbonyl (C=O) groups is 1. The molecule has 156 valence electrons. The van der Waals surface area contributed by atoms with Crippen LogP contribution in [-0.2, 0) is 0 Å². The Bertz CT molecular complexity index is 1160. The molecular formula is C23H18BrN3O4.